The minimum Gasteiger partial charge on any atom is -0.394 e. The van der Waals surface area contributed by atoms with Crippen LogP contribution < -0.4 is 0 Å². The third-order valence-electron chi connectivity index (χ3n) is 2.05. The van der Waals surface area contributed by atoms with Crippen molar-refractivity contribution in [3.63, 3.8) is 0 Å². The number of aliphatic hydroxyl groups is 3. The molecule has 0 aromatic heterocycles. The van der Waals surface area contributed by atoms with Gasteiger partial charge in [-0.1, -0.05) is 0 Å². The predicted molar refractivity (Wildman–Crippen MR) is 45.8 cm³/mol. The van der Waals surface area contributed by atoms with E-state index in [0.29, 0.717) is 0 Å². The number of phosphoric ester groups is 1. The molecule has 90 valence electrons. The minimum atomic E-state index is -4.63. The van der Waals surface area contributed by atoms with Crippen LogP contribution in [0.5, 0.6) is 0 Å². The largest absolute Gasteiger partial charge is 0.469 e. The van der Waals surface area contributed by atoms with Gasteiger partial charge < -0.3 is 29.8 Å². The van der Waals surface area contributed by atoms with Gasteiger partial charge in [-0.15, -0.1) is 0 Å². The van der Waals surface area contributed by atoms with Gasteiger partial charge in [0.2, 0.25) is 0 Å². The molecule has 0 saturated carbocycles. The lowest BCUT2D eigenvalue weighted by Crippen LogP contribution is -2.35. The molecule has 5 N–H and O–H groups in total. The van der Waals surface area contributed by atoms with E-state index in [1.165, 1.54) is 0 Å². The summed E-state index contributed by atoms with van der Waals surface area (Å²) in [6.07, 6.45) is -4.66. The molecule has 1 aliphatic rings. The molecule has 1 saturated heterocycles. The molecular weight excluding hydrogens is 231 g/mol. The second-order valence-corrected chi connectivity index (χ2v) is 4.40. The van der Waals surface area contributed by atoms with E-state index < -0.39 is 45.5 Å². The maximum absolute atomic E-state index is 10.4. The normalized spacial score (nSPS) is 37.1. The Hall–Kier alpha value is -0.0500. The average Bonchev–Trinajstić information content (AvgIpc) is 2.40. The summed E-state index contributed by atoms with van der Waals surface area (Å²) in [7, 11) is -4.63. The molecule has 0 amide bonds. The van der Waals surface area contributed by atoms with Crippen molar-refractivity contribution in [2.75, 3.05) is 13.2 Å². The summed E-state index contributed by atoms with van der Waals surface area (Å²) in [5, 5.41) is 27.3. The third kappa shape index (κ3) is 3.47. The van der Waals surface area contributed by atoms with Crippen LogP contribution in [-0.2, 0) is 13.8 Å². The number of phosphoric acid groups is 1. The van der Waals surface area contributed by atoms with Gasteiger partial charge in [0.05, 0.1) is 13.2 Å². The highest BCUT2D eigenvalue weighted by Crippen LogP contribution is 2.37. The first-order valence-electron chi connectivity index (χ1n) is 4.17. The van der Waals surface area contributed by atoms with Crippen LogP contribution >= 0.6 is 7.82 Å². The number of rotatable bonds is 4. The highest BCUT2D eigenvalue weighted by Gasteiger charge is 2.43. The molecular formula is C6H13O8P. The van der Waals surface area contributed by atoms with E-state index in [-0.39, 0.29) is 0 Å². The maximum Gasteiger partial charge on any atom is 0.469 e. The summed E-state index contributed by atoms with van der Waals surface area (Å²) in [4.78, 5) is 16.8. The maximum atomic E-state index is 10.4. The molecule has 4 unspecified atom stereocenters. The molecule has 0 bridgehead atoms. The molecule has 0 aromatic rings. The smallest absolute Gasteiger partial charge is 0.394 e. The Morgan fingerprint density at radius 1 is 1.20 bits per heavy atom. The molecule has 0 aromatic carbocycles. The second kappa shape index (κ2) is 4.86. The molecule has 1 rings (SSSR count). The van der Waals surface area contributed by atoms with Crippen molar-refractivity contribution in [1.82, 2.24) is 0 Å². The van der Waals surface area contributed by atoms with E-state index in [1.807, 2.05) is 0 Å². The highest BCUT2D eigenvalue weighted by molar-refractivity contribution is 7.46. The van der Waals surface area contributed by atoms with E-state index in [0.717, 1.165) is 0 Å². The topological polar surface area (TPSA) is 137 Å². The first kappa shape index (κ1) is 13.0. The number of ether oxygens (including phenoxy) is 1. The molecule has 4 atom stereocenters. The van der Waals surface area contributed by atoms with E-state index in [4.69, 9.17) is 19.6 Å². The highest BCUT2D eigenvalue weighted by atomic mass is 31.2. The summed E-state index contributed by atoms with van der Waals surface area (Å²) < 4.78 is 19.4. The van der Waals surface area contributed by atoms with Crippen molar-refractivity contribution in [2.45, 2.75) is 24.4 Å². The number of hydrogen-bond acceptors (Lipinski definition) is 6. The lowest BCUT2D eigenvalue weighted by Gasteiger charge is -2.14. The first-order valence-corrected chi connectivity index (χ1v) is 5.70. The van der Waals surface area contributed by atoms with Crippen molar-refractivity contribution in [3.05, 3.63) is 0 Å². The van der Waals surface area contributed by atoms with Crippen molar-refractivity contribution < 1.29 is 38.9 Å². The van der Waals surface area contributed by atoms with Crippen LogP contribution in [0.1, 0.15) is 0 Å². The fourth-order valence-electron chi connectivity index (χ4n) is 1.28. The second-order valence-electron chi connectivity index (χ2n) is 3.16. The van der Waals surface area contributed by atoms with Crippen LogP contribution in [0.25, 0.3) is 0 Å². The van der Waals surface area contributed by atoms with Gasteiger partial charge in [0, 0.05) is 0 Å². The van der Waals surface area contributed by atoms with E-state index >= 15 is 0 Å². The summed E-state index contributed by atoms with van der Waals surface area (Å²) in [6.45, 7) is -1.05. The van der Waals surface area contributed by atoms with Gasteiger partial charge in [-0.25, -0.2) is 4.57 Å². The quantitative estimate of drug-likeness (QED) is 0.344. The lowest BCUT2D eigenvalue weighted by molar-refractivity contribution is -0.0388. The van der Waals surface area contributed by atoms with Gasteiger partial charge in [-0.2, -0.15) is 0 Å². The molecule has 0 spiro atoms. The summed E-state index contributed by atoms with van der Waals surface area (Å²) >= 11 is 0. The van der Waals surface area contributed by atoms with Crippen molar-refractivity contribution in [2.24, 2.45) is 0 Å². The van der Waals surface area contributed by atoms with Gasteiger partial charge in [-0.05, 0) is 0 Å². The Labute approximate surface area is 85.3 Å². The van der Waals surface area contributed by atoms with Gasteiger partial charge in [-0.3, -0.25) is 4.52 Å². The molecule has 15 heavy (non-hydrogen) atoms. The fourth-order valence-corrected chi connectivity index (χ4v) is 1.63. The van der Waals surface area contributed by atoms with Crippen molar-refractivity contribution in [3.8, 4) is 0 Å². The number of aliphatic hydroxyl groups excluding tert-OH is 3. The van der Waals surface area contributed by atoms with Gasteiger partial charge >= 0.3 is 7.82 Å². The van der Waals surface area contributed by atoms with Crippen LogP contribution in [0.4, 0.5) is 0 Å². The van der Waals surface area contributed by atoms with E-state index in [2.05, 4.69) is 4.52 Å². The predicted octanol–water partition coefficient (Wildman–Crippen LogP) is -2.42. The Balaban J connectivity index is 2.47. The Morgan fingerprint density at radius 3 is 2.13 bits per heavy atom. The summed E-state index contributed by atoms with van der Waals surface area (Å²) in [5.41, 5.74) is 0. The van der Waals surface area contributed by atoms with Crippen molar-refractivity contribution in [1.29, 1.82) is 0 Å². The summed E-state index contributed by atoms with van der Waals surface area (Å²) in [5.74, 6) is 0. The van der Waals surface area contributed by atoms with Crippen LogP contribution in [0.15, 0.2) is 0 Å². The van der Waals surface area contributed by atoms with E-state index in [9.17, 15) is 14.8 Å². The SMILES string of the molecule is O=P(O)(O)OCC1OC(CO)C(O)C1O. The zero-order chi connectivity index (χ0) is 11.6. The van der Waals surface area contributed by atoms with Crippen LogP contribution in [0.3, 0.4) is 0 Å². The summed E-state index contributed by atoms with van der Waals surface area (Å²) in [6, 6.07) is 0. The third-order valence-corrected chi connectivity index (χ3v) is 2.53. The van der Waals surface area contributed by atoms with E-state index in [1.54, 1.807) is 0 Å². The molecule has 1 fully saturated rings. The minimum absolute atomic E-state index is 0.495. The average molecular weight is 244 g/mol. The molecule has 1 heterocycles. The van der Waals surface area contributed by atoms with Gasteiger partial charge in [0.25, 0.3) is 0 Å². The molecule has 0 aliphatic carbocycles. The first-order chi connectivity index (χ1) is 6.85. The molecule has 0 radical (unpaired) electrons. The molecule has 9 heteroatoms. The Bertz CT molecular complexity index is 252. The zero-order valence-corrected chi connectivity index (χ0v) is 8.53. The Kier molecular flexibility index (Phi) is 4.21. The van der Waals surface area contributed by atoms with Gasteiger partial charge in [0.15, 0.2) is 0 Å². The monoisotopic (exact) mass is 244 g/mol. The molecule has 1 aliphatic heterocycles. The van der Waals surface area contributed by atoms with Crippen LogP contribution in [0, 0.1) is 0 Å². The van der Waals surface area contributed by atoms with Crippen LogP contribution in [-0.4, -0.2) is 62.7 Å². The van der Waals surface area contributed by atoms with Crippen molar-refractivity contribution >= 4 is 7.82 Å². The standard InChI is InChI=1S/C6H13O8P/c7-1-3-5(8)6(9)4(14-3)2-13-15(10,11)12/h3-9H,1-2H2,(H2,10,11,12). The number of hydrogen-bond donors (Lipinski definition) is 5. The molecule has 8 nitrogen and oxygen atoms in total. The zero-order valence-electron chi connectivity index (χ0n) is 7.63. The van der Waals surface area contributed by atoms with Crippen LogP contribution in [0.2, 0.25) is 0 Å². The Morgan fingerprint density at radius 2 is 1.73 bits per heavy atom. The fraction of sp³-hybridized carbons (Fsp3) is 1.00. The lowest BCUT2D eigenvalue weighted by atomic mass is 10.1. The van der Waals surface area contributed by atoms with Gasteiger partial charge in [0.1, 0.15) is 24.4 Å².